The van der Waals surface area contributed by atoms with E-state index in [9.17, 15) is 4.79 Å². The molecule has 0 saturated carbocycles. The number of anilines is 1. The quantitative estimate of drug-likeness (QED) is 0.564. The first-order valence-electron chi connectivity index (χ1n) is 9.48. The van der Waals surface area contributed by atoms with Crippen molar-refractivity contribution in [3.05, 3.63) is 95.6 Å². The van der Waals surface area contributed by atoms with Gasteiger partial charge in [-0.25, -0.2) is 0 Å². The van der Waals surface area contributed by atoms with Crippen LogP contribution in [0.1, 0.15) is 22.7 Å². The summed E-state index contributed by atoms with van der Waals surface area (Å²) in [6.45, 7) is 5.04. The molecule has 0 saturated heterocycles. The predicted octanol–water partition coefficient (Wildman–Crippen LogP) is 4.65. The van der Waals surface area contributed by atoms with Crippen LogP contribution in [0.5, 0.6) is 5.75 Å². The molecule has 0 heterocycles. The van der Waals surface area contributed by atoms with Crippen molar-refractivity contribution in [2.45, 2.75) is 19.9 Å². The molecule has 144 valence electrons. The van der Waals surface area contributed by atoms with Crippen LogP contribution < -0.4 is 15.4 Å². The molecule has 3 aromatic carbocycles. The molecule has 0 aromatic heterocycles. The van der Waals surface area contributed by atoms with Crippen molar-refractivity contribution in [1.29, 1.82) is 0 Å². The average Bonchev–Trinajstić information content (AvgIpc) is 2.72. The van der Waals surface area contributed by atoms with Crippen molar-refractivity contribution in [2.75, 3.05) is 18.5 Å². The molecule has 0 radical (unpaired) electrons. The van der Waals surface area contributed by atoms with Gasteiger partial charge in [0.1, 0.15) is 18.4 Å². The van der Waals surface area contributed by atoms with Gasteiger partial charge in [0, 0.05) is 12.2 Å². The van der Waals surface area contributed by atoms with E-state index < -0.39 is 6.04 Å². The third-order valence-electron chi connectivity index (χ3n) is 4.51. The standard InChI is InChI=1S/C24H26N2O2/c1-18-13-14-19(2)22(17-18)26-24(27)23(20-9-5-3-6-10-20)25-15-16-28-21-11-7-4-8-12-21/h3-14,17,23,25H,15-16H2,1-2H3,(H,26,27)/t23-/m1/s1. The van der Waals surface area contributed by atoms with E-state index >= 15 is 0 Å². The maximum absolute atomic E-state index is 13.0. The number of benzene rings is 3. The van der Waals surface area contributed by atoms with Crippen molar-refractivity contribution in [3.63, 3.8) is 0 Å². The Morgan fingerprint density at radius 3 is 2.32 bits per heavy atom. The van der Waals surface area contributed by atoms with Crippen molar-refractivity contribution in [3.8, 4) is 5.75 Å². The number of hydrogen-bond donors (Lipinski definition) is 2. The van der Waals surface area contributed by atoms with E-state index in [-0.39, 0.29) is 5.91 Å². The van der Waals surface area contributed by atoms with Gasteiger partial charge in [0.25, 0.3) is 0 Å². The molecular weight excluding hydrogens is 348 g/mol. The SMILES string of the molecule is Cc1ccc(C)c(NC(=O)[C@H](NCCOc2ccccc2)c2ccccc2)c1. The Kier molecular flexibility index (Phi) is 6.82. The molecule has 1 amide bonds. The van der Waals surface area contributed by atoms with Crippen LogP contribution in [0, 0.1) is 13.8 Å². The lowest BCUT2D eigenvalue weighted by atomic mass is 10.1. The Labute approximate surface area is 166 Å². The number of hydrogen-bond acceptors (Lipinski definition) is 3. The minimum absolute atomic E-state index is 0.0837. The summed E-state index contributed by atoms with van der Waals surface area (Å²) in [5, 5.41) is 6.39. The molecule has 3 rings (SSSR count). The fourth-order valence-electron chi connectivity index (χ4n) is 2.97. The van der Waals surface area contributed by atoms with Crippen molar-refractivity contribution in [2.24, 2.45) is 0 Å². The van der Waals surface area contributed by atoms with Gasteiger partial charge in [-0.05, 0) is 48.7 Å². The lowest BCUT2D eigenvalue weighted by Gasteiger charge is -2.20. The zero-order valence-electron chi connectivity index (χ0n) is 16.3. The Bertz CT molecular complexity index is 895. The Hall–Kier alpha value is -3.11. The topological polar surface area (TPSA) is 50.4 Å². The van der Waals surface area contributed by atoms with Gasteiger partial charge in [-0.15, -0.1) is 0 Å². The fraction of sp³-hybridized carbons (Fsp3) is 0.208. The number of ether oxygens (including phenoxy) is 1. The molecule has 4 nitrogen and oxygen atoms in total. The number of nitrogens with one attached hydrogen (secondary N) is 2. The number of amides is 1. The Morgan fingerprint density at radius 2 is 1.61 bits per heavy atom. The molecule has 0 aliphatic carbocycles. The maximum atomic E-state index is 13.0. The van der Waals surface area contributed by atoms with E-state index in [0.717, 1.165) is 28.1 Å². The van der Waals surface area contributed by atoms with Gasteiger partial charge in [-0.1, -0.05) is 60.7 Å². The molecule has 0 bridgehead atoms. The summed E-state index contributed by atoms with van der Waals surface area (Å²) in [7, 11) is 0. The highest BCUT2D eigenvalue weighted by atomic mass is 16.5. The zero-order chi connectivity index (χ0) is 19.8. The summed E-state index contributed by atoms with van der Waals surface area (Å²) >= 11 is 0. The van der Waals surface area contributed by atoms with Crippen molar-refractivity contribution >= 4 is 11.6 Å². The van der Waals surface area contributed by atoms with E-state index in [4.69, 9.17) is 4.74 Å². The molecule has 28 heavy (non-hydrogen) atoms. The summed E-state index contributed by atoms with van der Waals surface area (Å²) in [4.78, 5) is 13.0. The highest BCUT2D eigenvalue weighted by Crippen LogP contribution is 2.20. The van der Waals surface area contributed by atoms with Crippen LogP contribution in [0.15, 0.2) is 78.9 Å². The van der Waals surface area contributed by atoms with Crippen LogP contribution >= 0.6 is 0 Å². The molecule has 0 spiro atoms. The van der Waals surface area contributed by atoms with Crippen LogP contribution in [-0.2, 0) is 4.79 Å². The molecule has 2 N–H and O–H groups in total. The van der Waals surface area contributed by atoms with E-state index in [0.29, 0.717) is 13.2 Å². The van der Waals surface area contributed by atoms with Gasteiger partial charge in [-0.2, -0.15) is 0 Å². The highest BCUT2D eigenvalue weighted by Gasteiger charge is 2.20. The highest BCUT2D eigenvalue weighted by molar-refractivity contribution is 5.96. The molecular formula is C24H26N2O2. The second kappa shape index (κ2) is 9.72. The van der Waals surface area contributed by atoms with Crippen molar-refractivity contribution < 1.29 is 9.53 Å². The smallest absolute Gasteiger partial charge is 0.246 e. The third-order valence-corrected chi connectivity index (χ3v) is 4.51. The van der Waals surface area contributed by atoms with Gasteiger partial charge < -0.3 is 10.1 Å². The zero-order valence-corrected chi connectivity index (χ0v) is 16.3. The maximum Gasteiger partial charge on any atom is 0.246 e. The number of carbonyl (C=O) groups is 1. The molecule has 4 heteroatoms. The second-order valence-electron chi connectivity index (χ2n) is 6.77. The van der Waals surface area contributed by atoms with Crippen LogP contribution in [-0.4, -0.2) is 19.1 Å². The van der Waals surface area contributed by atoms with Gasteiger partial charge in [0.05, 0.1) is 0 Å². The summed E-state index contributed by atoms with van der Waals surface area (Å²) in [5.41, 5.74) is 3.91. The molecule has 1 atom stereocenters. The third kappa shape index (κ3) is 5.44. The average molecular weight is 374 g/mol. The molecule has 0 fully saturated rings. The minimum Gasteiger partial charge on any atom is -0.492 e. The normalized spacial score (nSPS) is 11.6. The molecule has 3 aromatic rings. The van der Waals surface area contributed by atoms with E-state index in [2.05, 4.69) is 10.6 Å². The van der Waals surface area contributed by atoms with Crippen LogP contribution in [0.4, 0.5) is 5.69 Å². The van der Waals surface area contributed by atoms with Crippen LogP contribution in [0.2, 0.25) is 0 Å². The Morgan fingerprint density at radius 1 is 0.929 bits per heavy atom. The molecule has 0 unspecified atom stereocenters. The second-order valence-corrected chi connectivity index (χ2v) is 6.77. The lowest BCUT2D eigenvalue weighted by molar-refractivity contribution is -0.118. The first-order valence-corrected chi connectivity index (χ1v) is 9.48. The largest absolute Gasteiger partial charge is 0.492 e. The summed E-state index contributed by atoms with van der Waals surface area (Å²) < 4.78 is 5.73. The Balaban J connectivity index is 1.66. The minimum atomic E-state index is -0.458. The lowest BCUT2D eigenvalue weighted by Crippen LogP contribution is -2.35. The number of carbonyl (C=O) groups excluding carboxylic acids is 1. The first kappa shape index (κ1) is 19.6. The van der Waals surface area contributed by atoms with Gasteiger partial charge in [0.2, 0.25) is 5.91 Å². The van der Waals surface area contributed by atoms with E-state index in [1.807, 2.05) is 92.7 Å². The van der Waals surface area contributed by atoms with Crippen molar-refractivity contribution in [1.82, 2.24) is 5.32 Å². The summed E-state index contributed by atoms with van der Waals surface area (Å²) in [5.74, 6) is 0.736. The first-order chi connectivity index (χ1) is 13.6. The summed E-state index contributed by atoms with van der Waals surface area (Å²) in [6.07, 6.45) is 0. The van der Waals surface area contributed by atoms with E-state index in [1.165, 1.54) is 0 Å². The number of aryl methyl sites for hydroxylation is 2. The van der Waals surface area contributed by atoms with Gasteiger partial charge in [-0.3, -0.25) is 10.1 Å². The number of rotatable bonds is 8. The molecule has 0 aliphatic rings. The summed E-state index contributed by atoms with van der Waals surface area (Å²) in [6, 6.07) is 25.0. The monoisotopic (exact) mass is 374 g/mol. The fourth-order valence-corrected chi connectivity index (χ4v) is 2.97. The van der Waals surface area contributed by atoms with Crippen LogP contribution in [0.25, 0.3) is 0 Å². The molecule has 0 aliphatic heterocycles. The van der Waals surface area contributed by atoms with Gasteiger partial charge in [0.15, 0.2) is 0 Å². The predicted molar refractivity (Wildman–Crippen MR) is 114 cm³/mol. The van der Waals surface area contributed by atoms with Crippen LogP contribution in [0.3, 0.4) is 0 Å². The number of para-hydroxylation sites is 1. The van der Waals surface area contributed by atoms with Gasteiger partial charge >= 0.3 is 0 Å². The van der Waals surface area contributed by atoms with E-state index in [1.54, 1.807) is 0 Å².